The number of carbonyl (C=O) groups excluding carboxylic acids is 1. The average Bonchev–Trinajstić information content (AvgIpc) is 2.29. The quantitative estimate of drug-likeness (QED) is 0.797. The van der Waals surface area contributed by atoms with Crippen molar-refractivity contribution >= 4 is 17.7 Å². The second kappa shape index (κ2) is 5.90. The fraction of sp³-hybridized carbons (Fsp3) is 0.429. The Balaban J connectivity index is 2.84. The van der Waals surface area contributed by atoms with Gasteiger partial charge in [-0.3, -0.25) is 0 Å². The van der Waals surface area contributed by atoms with E-state index in [4.69, 9.17) is 5.11 Å². The molecule has 20 heavy (non-hydrogen) atoms. The molecule has 0 spiro atoms. The Morgan fingerprint density at radius 1 is 1.30 bits per heavy atom. The number of halogens is 1. The smallest absolute Gasteiger partial charge is 0.326 e. The highest BCUT2D eigenvalue weighted by atomic mass is 19.1. The van der Waals surface area contributed by atoms with E-state index < -0.39 is 29.3 Å². The topological polar surface area (TPSA) is 78.4 Å². The minimum absolute atomic E-state index is 0.0445. The molecule has 0 bridgehead atoms. The van der Waals surface area contributed by atoms with Gasteiger partial charge in [0.2, 0.25) is 0 Å². The number of anilines is 1. The third kappa shape index (κ3) is 3.94. The van der Waals surface area contributed by atoms with Crippen LogP contribution >= 0.6 is 0 Å². The van der Waals surface area contributed by atoms with Crippen LogP contribution in [0.4, 0.5) is 14.9 Å². The fourth-order valence-electron chi connectivity index (χ4n) is 1.72. The summed E-state index contributed by atoms with van der Waals surface area (Å²) >= 11 is 0. The molecule has 0 saturated heterocycles. The van der Waals surface area contributed by atoms with Crippen LogP contribution < -0.4 is 10.6 Å². The van der Waals surface area contributed by atoms with E-state index in [2.05, 4.69) is 10.6 Å². The molecule has 0 unspecified atom stereocenters. The Bertz CT molecular complexity index is 503. The van der Waals surface area contributed by atoms with E-state index in [1.807, 2.05) is 0 Å². The lowest BCUT2D eigenvalue weighted by Crippen LogP contribution is -2.50. The van der Waals surface area contributed by atoms with Crippen molar-refractivity contribution < 1.29 is 19.1 Å². The molecule has 0 aliphatic heterocycles. The zero-order valence-corrected chi connectivity index (χ0v) is 12.0. The van der Waals surface area contributed by atoms with Crippen LogP contribution in [0.5, 0.6) is 0 Å². The third-order valence-corrected chi connectivity index (χ3v) is 2.85. The van der Waals surface area contributed by atoms with Gasteiger partial charge in [-0.05, 0) is 24.0 Å². The molecule has 1 aromatic rings. The van der Waals surface area contributed by atoms with Crippen molar-refractivity contribution in [3.8, 4) is 0 Å². The Morgan fingerprint density at radius 2 is 1.90 bits per heavy atom. The number of amides is 2. The van der Waals surface area contributed by atoms with Crippen molar-refractivity contribution in [1.82, 2.24) is 5.32 Å². The summed E-state index contributed by atoms with van der Waals surface area (Å²) in [5, 5.41) is 13.8. The largest absolute Gasteiger partial charge is 0.480 e. The minimum atomic E-state index is -1.14. The Kier molecular flexibility index (Phi) is 4.70. The number of hydrogen-bond donors (Lipinski definition) is 3. The lowest BCUT2D eigenvalue weighted by molar-refractivity contribution is -0.141. The summed E-state index contributed by atoms with van der Waals surface area (Å²) in [5.74, 6) is -1.71. The number of carboxylic acids is 1. The number of carboxylic acid groups (broad SMARTS) is 1. The molecule has 0 radical (unpaired) electrons. The highest BCUT2D eigenvalue weighted by molar-refractivity contribution is 5.93. The maximum Gasteiger partial charge on any atom is 0.326 e. The van der Waals surface area contributed by atoms with E-state index in [9.17, 15) is 14.0 Å². The monoisotopic (exact) mass is 282 g/mol. The van der Waals surface area contributed by atoms with Crippen molar-refractivity contribution in [1.29, 1.82) is 0 Å². The number of aliphatic carboxylic acids is 1. The van der Waals surface area contributed by atoms with Crippen molar-refractivity contribution in [2.24, 2.45) is 5.41 Å². The molecule has 0 aliphatic rings. The Morgan fingerprint density at radius 3 is 2.35 bits per heavy atom. The number of nitrogens with one attached hydrogen (secondary N) is 2. The molecule has 1 aromatic carbocycles. The first kappa shape index (κ1) is 15.9. The second-order valence-electron chi connectivity index (χ2n) is 5.67. The van der Waals surface area contributed by atoms with E-state index in [1.54, 1.807) is 33.8 Å². The van der Waals surface area contributed by atoms with E-state index in [-0.39, 0.29) is 5.69 Å². The Labute approximate surface area is 117 Å². The standard InChI is InChI=1S/C14H19FN2O3/c1-8-6-5-7-9(15)10(8)16-13(20)17-11(12(18)19)14(2,3)4/h5-7,11H,1-4H3,(H,18,19)(H2,16,17,20)/t11-/m1/s1. The van der Waals surface area contributed by atoms with Crippen LogP contribution in [0.25, 0.3) is 0 Å². The van der Waals surface area contributed by atoms with Gasteiger partial charge in [0.25, 0.3) is 0 Å². The van der Waals surface area contributed by atoms with Crippen LogP contribution in [-0.2, 0) is 4.79 Å². The number of para-hydroxylation sites is 1. The third-order valence-electron chi connectivity index (χ3n) is 2.85. The molecule has 110 valence electrons. The lowest BCUT2D eigenvalue weighted by atomic mass is 9.87. The van der Waals surface area contributed by atoms with Gasteiger partial charge >= 0.3 is 12.0 Å². The molecular formula is C14H19FN2O3. The van der Waals surface area contributed by atoms with Gasteiger partial charge in [0.15, 0.2) is 0 Å². The number of urea groups is 1. The zero-order chi connectivity index (χ0) is 15.5. The van der Waals surface area contributed by atoms with Crippen LogP contribution in [-0.4, -0.2) is 23.1 Å². The first-order valence-corrected chi connectivity index (χ1v) is 6.18. The van der Waals surface area contributed by atoms with Gasteiger partial charge in [-0.15, -0.1) is 0 Å². The molecule has 0 aromatic heterocycles. The molecule has 6 heteroatoms. The van der Waals surface area contributed by atoms with Gasteiger partial charge in [0.05, 0.1) is 5.69 Å². The molecule has 2 amide bonds. The molecule has 5 nitrogen and oxygen atoms in total. The van der Waals surface area contributed by atoms with Gasteiger partial charge in [0.1, 0.15) is 11.9 Å². The number of rotatable bonds is 3. The predicted molar refractivity (Wildman–Crippen MR) is 74.2 cm³/mol. The van der Waals surface area contributed by atoms with Crippen molar-refractivity contribution in [2.75, 3.05) is 5.32 Å². The molecule has 1 atom stereocenters. The van der Waals surface area contributed by atoms with Gasteiger partial charge in [0, 0.05) is 0 Å². The van der Waals surface area contributed by atoms with E-state index >= 15 is 0 Å². The van der Waals surface area contributed by atoms with E-state index in [0.29, 0.717) is 5.56 Å². The fourth-order valence-corrected chi connectivity index (χ4v) is 1.72. The van der Waals surface area contributed by atoms with Crippen LogP contribution in [0, 0.1) is 18.2 Å². The second-order valence-corrected chi connectivity index (χ2v) is 5.67. The molecule has 3 N–H and O–H groups in total. The summed E-state index contributed by atoms with van der Waals surface area (Å²) in [6, 6.07) is 2.58. The van der Waals surface area contributed by atoms with Gasteiger partial charge in [-0.25, -0.2) is 14.0 Å². The number of carbonyl (C=O) groups is 2. The summed E-state index contributed by atoms with van der Waals surface area (Å²) in [5.41, 5.74) is -0.0567. The average molecular weight is 282 g/mol. The highest BCUT2D eigenvalue weighted by Gasteiger charge is 2.32. The van der Waals surface area contributed by atoms with E-state index in [0.717, 1.165) is 0 Å². The molecule has 0 heterocycles. The van der Waals surface area contributed by atoms with Crippen LogP contribution in [0.3, 0.4) is 0 Å². The molecule has 0 fully saturated rings. The molecule has 0 aliphatic carbocycles. The van der Waals surface area contributed by atoms with Crippen LogP contribution in [0.15, 0.2) is 18.2 Å². The lowest BCUT2D eigenvalue weighted by Gasteiger charge is -2.27. The Hall–Kier alpha value is -2.11. The van der Waals surface area contributed by atoms with Gasteiger partial charge in [-0.1, -0.05) is 32.9 Å². The van der Waals surface area contributed by atoms with Crippen LogP contribution in [0.1, 0.15) is 26.3 Å². The summed E-state index contributed by atoms with van der Waals surface area (Å²) in [6.07, 6.45) is 0. The first-order valence-electron chi connectivity index (χ1n) is 6.18. The summed E-state index contributed by atoms with van der Waals surface area (Å²) in [4.78, 5) is 23.0. The zero-order valence-electron chi connectivity index (χ0n) is 12.0. The van der Waals surface area contributed by atoms with Crippen molar-refractivity contribution in [3.05, 3.63) is 29.6 Å². The summed E-state index contributed by atoms with van der Waals surface area (Å²) in [6.45, 7) is 6.73. The van der Waals surface area contributed by atoms with Gasteiger partial charge < -0.3 is 15.7 Å². The maximum atomic E-state index is 13.6. The number of aryl methyl sites for hydroxylation is 1. The maximum absolute atomic E-state index is 13.6. The summed E-state index contributed by atoms with van der Waals surface area (Å²) in [7, 11) is 0. The first-order chi connectivity index (χ1) is 9.12. The highest BCUT2D eigenvalue weighted by Crippen LogP contribution is 2.21. The van der Waals surface area contributed by atoms with E-state index in [1.165, 1.54) is 12.1 Å². The summed E-state index contributed by atoms with van der Waals surface area (Å²) < 4.78 is 13.6. The minimum Gasteiger partial charge on any atom is -0.480 e. The number of benzene rings is 1. The number of hydrogen-bond acceptors (Lipinski definition) is 2. The van der Waals surface area contributed by atoms with Crippen LogP contribution in [0.2, 0.25) is 0 Å². The SMILES string of the molecule is Cc1cccc(F)c1NC(=O)N[C@H](C(=O)O)C(C)(C)C. The van der Waals surface area contributed by atoms with Gasteiger partial charge in [-0.2, -0.15) is 0 Å². The normalized spacial score (nSPS) is 12.7. The van der Waals surface area contributed by atoms with Crippen molar-refractivity contribution in [3.63, 3.8) is 0 Å². The molecule has 1 rings (SSSR count). The molecular weight excluding hydrogens is 263 g/mol. The predicted octanol–water partition coefficient (Wildman–Crippen LogP) is 2.75. The molecule has 0 saturated carbocycles. The van der Waals surface area contributed by atoms with Crippen molar-refractivity contribution in [2.45, 2.75) is 33.7 Å².